The molecule has 0 fully saturated rings. The van der Waals surface area contributed by atoms with E-state index in [1.54, 1.807) is 11.8 Å². The van der Waals surface area contributed by atoms with Crippen molar-refractivity contribution in [2.45, 2.75) is 26.3 Å². The molecular weight excluding hydrogens is 218 g/mol. The van der Waals surface area contributed by atoms with Gasteiger partial charge in [-0.05, 0) is 23.1 Å². The number of nitrogens with zero attached hydrogens (tertiary/aromatic N) is 1. The molecule has 90 valence electrons. The van der Waals surface area contributed by atoms with Gasteiger partial charge in [-0.25, -0.2) is 0 Å². The van der Waals surface area contributed by atoms with Crippen molar-refractivity contribution < 1.29 is 14.7 Å². The number of fused-ring (bicyclic) bond motifs is 1. The first kappa shape index (κ1) is 11.6. The molecule has 2 rings (SSSR count). The summed E-state index contributed by atoms with van der Waals surface area (Å²) in [5.74, 6) is -0.726. The summed E-state index contributed by atoms with van der Waals surface area (Å²) < 4.78 is 0. The number of carbonyl (C=O) groups is 2. The first-order valence-corrected chi connectivity index (χ1v) is 5.64. The Kier molecular flexibility index (Phi) is 3.13. The van der Waals surface area contributed by atoms with Crippen molar-refractivity contribution in [3.63, 3.8) is 0 Å². The number of rotatable bonds is 2. The van der Waals surface area contributed by atoms with Gasteiger partial charge in [-0.1, -0.05) is 18.2 Å². The number of carboxylic acids is 1. The monoisotopic (exact) mass is 233 g/mol. The molecular formula is C13H15NO3. The first-order chi connectivity index (χ1) is 8.06. The number of carbonyl (C=O) groups excluding carboxylic acids is 1. The van der Waals surface area contributed by atoms with Gasteiger partial charge >= 0.3 is 5.97 Å². The maximum Gasteiger partial charge on any atom is 0.307 e. The van der Waals surface area contributed by atoms with Gasteiger partial charge in [0.2, 0.25) is 5.91 Å². The van der Waals surface area contributed by atoms with Crippen molar-refractivity contribution in [3.05, 3.63) is 34.9 Å². The van der Waals surface area contributed by atoms with Crippen LogP contribution in [0.3, 0.4) is 0 Å². The largest absolute Gasteiger partial charge is 0.481 e. The van der Waals surface area contributed by atoms with Crippen molar-refractivity contribution >= 4 is 11.9 Å². The van der Waals surface area contributed by atoms with E-state index in [2.05, 4.69) is 0 Å². The zero-order valence-electron chi connectivity index (χ0n) is 9.77. The summed E-state index contributed by atoms with van der Waals surface area (Å²) in [6, 6.07) is 5.71. The zero-order valence-corrected chi connectivity index (χ0v) is 9.77. The molecule has 4 heteroatoms. The van der Waals surface area contributed by atoms with Crippen molar-refractivity contribution in [1.29, 1.82) is 0 Å². The molecule has 1 aliphatic heterocycles. The molecule has 0 unspecified atom stereocenters. The van der Waals surface area contributed by atoms with Crippen LogP contribution in [-0.4, -0.2) is 28.4 Å². The SMILES string of the molecule is CC(=O)N1CCc2cc(CC(=O)O)ccc2C1. The Morgan fingerprint density at radius 3 is 2.76 bits per heavy atom. The van der Waals surface area contributed by atoms with E-state index in [-0.39, 0.29) is 12.3 Å². The maximum atomic E-state index is 11.3. The Labute approximate surface area is 99.9 Å². The molecule has 0 radical (unpaired) electrons. The third-order valence-electron chi connectivity index (χ3n) is 3.08. The van der Waals surface area contributed by atoms with Crippen LogP contribution < -0.4 is 0 Å². The van der Waals surface area contributed by atoms with E-state index in [0.29, 0.717) is 6.54 Å². The second-order valence-corrected chi connectivity index (χ2v) is 4.36. The number of carboxylic acid groups (broad SMARTS) is 1. The summed E-state index contributed by atoms with van der Waals surface area (Å²) in [5, 5.41) is 8.73. The number of hydrogen-bond donors (Lipinski definition) is 1. The average molecular weight is 233 g/mol. The van der Waals surface area contributed by atoms with Crippen molar-refractivity contribution in [3.8, 4) is 0 Å². The Bertz CT molecular complexity index is 468. The fraction of sp³-hybridized carbons (Fsp3) is 0.385. The molecule has 4 nitrogen and oxygen atoms in total. The fourth-order valence-electron chi connectivity index (χ4n) is 2.16. The molecule has 0 saturated heterocycles. The highest BCUT2D eigenvalue weighted by atomic mass is 16.4. The lowest BCUT2D eigenvalue weighted by atomic mass is 9.96. The van der Waals surface area contributed by atoms with Gasteiger partial charge < -0.3 is 10.0 Å². The highest BCUT2D eigenvalue weighted by Crippen LogP contribution is 2.20. The molecule has 1 heterocycles. The van der Waals surface area contributed by atoms with Gasteiger partial charge in [0.1, 0.15) is 0 Å². The lowest BCUT2D eigenvalue weighted by Crippen LogP contribution is -2.34. The van der Waals surface area contributed by atoms with Gasteiger partial charge in [-0.15, -0.1) is 0 Å². The molecule has 0 atom stereocenters. The molecule has 1 amide bonds. The molecule has 0 saturated carbocycles. The third kappa shape index (κ3) is 2.64. The maximum absolute atomic E-state index is 11.3. The number of benzene rings is 1. The molecule has 1 N–H and O–H groups in total. The smallest absolute Gasteiger partial charge is 0.307 e. The Balaban J connectivity index is 2.19. The molecule has 0 aromatic heterocycles. The van der Waals surface area contributed by atoms with Crippen molar-refractivity contribution in [2.75, 3.05) is 6.54 Å². The van der Waals surface area contributed by atoms with Crippen LogP contribution in [0.2, 0.25) is 0 Å². The van der Waals surface area contributed by atoms with Crippen LogP contribution in [0.1, 0.15) is 23.6 Å². The average Bonchev–Trinajstić information content (AvgIpc) is 2.27. The highest BCUT2D eigenvalue weighted by molar-refractivity contribution is 5.73. The van der Waals surface area contributed by atoms with E-state index in [4.69, 9.17) is 5.11 Å². The van der Waals surface area contributed by atoms with Crippen LogP contribution in [0.15, 0.2) is 18.2 Å². The second kappa shape index (κ2) is 4.57. The number of amides is 1. The summed E-state index contributed by atoms with van der Waals surface area (Å²) in [5.41, 5.74) is 3.12. The summed E-state index contributed by atoms with van der Waals surface area (Å²) in [7, 11) is 0. The topological polar surface area (TPSA) is 57.6 Å². The van der Waals surface area contributed by atoms with E-state index in [1.807, 2.05) is 18.2 Å². The van der Waals surface area contributed by atoms with Crippen LogP contribution in [-0.2, 0) is 29.0 Å². The molecule has 0 spiro atoms. The zero-order chi connectivity index (χ0) is 12.4. The Hall–Kier alpha value is -1.84. The van der Waals surface area contributed by atoms with Crippen LogP contribution in [0.4, 0.5) is 0 Å². The van der Waals surface area contributed by atoms with Crippen LogP contribution in [0.5, 0.6) is 0 Å². The minimum atomic E-state index is -0.814. The quantitative estimate of drug-likeness (QED) is 0.835. The van der Waals surface area contributed by atoms with E-state index < -0.39 is 5.97 Å². The highest BCUT2D eigenvalue weighted by Gasteiger charge is 2.18. The van der Waals surface area contributed by atoms with Crippen molar-refractivity contribution in [2.24, 2.45) is 0 Å². The molecule has 0 aliphatic carbocycles. The van der Waals surface area contributed by atoms with E-state index in [0.717, 1.165) is 24.1 Å². The van der Waals surface area contributed by atoms with E-state index in [9.17, 15) is 9.59 Å². The fourth-order valence-corrected chi connectivity index (χ4v) is 2.16. The second-order valence-electron chi connectivity index (χ2n) is 4.36. The summed E-state index contributed by atoms with van der Waals surface area (Å²) >= 11 is 0. The van der Waals surface area contributed by atoms with Gasteiger partial charge in [0.25, 0.3) is 0 Å². The van der Waals surface area contributed by atoms with Gasteiger partial charge in [-0.3, -0.25) is 9.59 Å². The summed E-state index contributed by atoms with van der Waals surface area (Å²) in [6.07, 6.45) is 0.867. The van der Waals surface area contributed by atoms with Crippen LogP contribution >= 0.6 is 0 Å². The molecule has 1 aromatic rings. The molecule has 1 aliphatic rings. The standard InChI is InChI=1S/C13H15NO3/c1-9(15)14-5-4-11-6-10(7-13(16)17)2-3-12(11)8-14/h2-3,6H,4-5,7-8H2,1H3,(H,16,17). The van der Waals surface area contributed by atoms with E-state index in [1.165, 1.54) is 5.56 Å². The van der Waals surface area contributed by atoms with Gasteiger partial charge in [0.15, 0.2) is 0 Å². The van der Waals surface area contributed by atoms with Crippen LogP contribution in [0.25, 0.3) is 0 Å². The number of hydrogen-bond acceptors (Lipinski definition) is 2. The molecule has 17 heavy (non-hydrogen) atoms. The Morgan fingerprint density at radius 2 is 2.12 bits per heavy atom. The predicted molar refractivity (Wildman–Crippen MR) is 62.6 cm³/mol. The van der Waals surface area contributed by atoms with Gasteiger partial charge in [0.05, 0.1) is 6.42 Å². The number of aliphatic carboxylic acids is 1. The predicted octanol–water partition coefficient (Wildman–Crippen LogP) is 1.22. The molecule has 1 aromatic carbocycles. The third-order valence-corrected chi connectivity index (χ3v) is 3.08. The van der Waals surface area contributed by atoms with Crippen LogP contribution in [0, 0.1) is 0 Å². The summed E-state index contributed by atoms with van der Waals surface area (Å²) in [4.78, 5) is 23.7. The Morgan fingerprint density at radius 1 is 1.35 bits per heavy atom. The van der Waals surface area contributed by atoms with Crippen molar-refractivity contribution in [1.82, 2.24) is 4.90 Å². The van der Waals surface area contributed by atoms with E-state index >= 15 is 0 Å². The van der Waals surface area contributed by atoms with Gasteiger partial charge in [-0.2, -0.15) is 0 Å². The lowest BCUT2D eigenvalue weighted by Gasteiger charge is -2.28. The minimum Gasteiger partial charge on any atom is -0.481 e. The summed E-state index contributed by atoms with van der Waals surface area (Å²) in [6.45, 7) is 2.93. The molecule has 0 bridgehead atoms. The minimum absolute atomic E-state index is 0.0592. The first-order valence-electron chi connectivity index (χ1n) is 5.64. The van der Waals surface area contributed by atoms with Gasteiger partial charge in [0, 0.05) is 20.0 Å². The lowest BCUT2D eigenvalue weighted by molar-refractivity contribution is -0.136. The normalized spacial score (nSPS) is 14.3.